The summed E-state index contributed by atoms with van der Waals surface area (Å²) in [4.78, 5) is 4.40. The molecule has 1 aromatic rings. The number of fused-ring (bicyclic) bond motifs is 1. The number of rotatable bonds is 2. The van der Waals surface area contributed by atoms with Crippen LogP contribution in [-0.4, -0.2) is 11.5 Å². The second-order valence-electron chi connectivity index (χ2n) is 3.90. The summed E-state index contributed by atoms with van der Waals surface area (Å²) in [5.41, 5.74) is 8.32. The van der Waals surface area contributed by atoms with E-state index in [1.165, 1.54) is 11.3 Å². The minimum absolute atomic E-state index is 0.647. The highest BCUT2D eigenvalue weighted by Crippen LogP contribution is 2.38. The average molecular weight is 176 g/mol. The van der Waals surface area contributed by atoms with E-state index in [4.69, 9.17) is 5.73 Å². The van der Waals surface area contributed by atoms with E-state index in [-0.39, 0.29) is 0 Å². The van der Waals surface area contributed by atoms with E-state index >= 15 is 0 Å². The number of nitrogens with two attached hydrogens (primary N) is 1. The molecule has 0 saturated carbocycles. The number of hydrogen-bond donors (Lipinski definition) is 1. The molecule has 1 heterocycles. The van der Waals surface area contributed by atoms with Crippen molar-refractivity contribution in [1.82, 2.24) is 4.98 Å². The molecule has 1 aromatic heterocycles. The van der Waals surface area contributed by atoms with Crippen molar-refractivity contribution >= 4 is 0 Å². The molecule has 0 amide bonds. The van der Waals surface area contributed by atoms with Gasteiger partial charge in [0.2, 0.25) is 0 Å². The highest BCUT2D eigenvalue weighted by Gasteiger charge is 2.28. The van der Waals surface area contributed by atoms with Crippen molar-refractivity contribution in [3.63, 3.8) is 0 Å². The Kier molecular flexibility index (Phi) is 2.32. The molecule has 0 aromatic carbocycles. The summed E-state index contributed by atoms with van der Waals surface area (Å²) in [5, 5.41) is 0. The predicted molar refractivity (Wildman–Crippen MR) is 53.5 cm³/mol. The number of aromatic nitrogens is 1. The summed E-state index contributed by atoms with van der Waals surface area (Å²) in [6.07, 6.45) is 4.11. The molecular formula is C11H16N2. The fraction of sp³-hybridized carbons (Fsp3) is 0.545. The Bertz CT molecular complexity index is 296. The summed E-state index contributed by atoms with van der Waals surface area (Å²) >= 11 is 0. The van der Waals surface area contributed by atoms with E-state index in [9.17, 15) is 0 Å². The molecule has 0 bridgehead atoms. The lowest BCUT2D eigenvalue weighted by molar-refractivity contribution is 0.474. The van der Waals surface area contributed by atoms with Crippen LogP contribution in [-0.2, 0) is 6.42 Å². The fourth-order valence-electron chi connectivity index (χ4n) is 2.33. The molecule has 0 radical (unpaired) electrons. The van der Waals surface area contributed by atoms with Crippen molar-refractivity contribution in [2.45, 2.75) is 25.7 Å². The van der Waals surface area contributed by atoms with Gasteiger partial charge in [-0.1, -0.05) is 13.0 Å². The van der Waals surface area contributed by atoms with Crippen molar-refractivity contribution in [1.29, 1.82) is 0 Å². The zero-order chi connectivity index (χ0) is 9.26. The molecule has 1 aliphatic carbocycles. The summed E-state index contributed by atoms with van der Waals surface area (Å²) < 4.78 is 0. The van der Waals surface area contributed by atoms with Gasteiger partial charge in [0.15, 0.2) is 0 Å². The van der Waals surface area contributed by atoms with Crippen LogP contribution in [0.25, 0.3) is 0 Å². The summed E-state index contributed by atoms with van der Waals surface area (Å²) in [7, 11) is 0. The molecule has 2 rings (SSSR count). The van der Waals surface area contributed by atoms with Crippen molar-refractivity contribution in [2.24, 2.45) is 11.7 Å². The smallest absolute Gasteiger partial charge is 0.0441 e. The van der Waals surface area contributed by atoms with Crippen molar-refractivity contribution in [2.75, 3.05) is 6.54 Å². The van der Waals surface area contributed by atoms with Crippen LogP contribution >= 0.6 is 0 Å². The maximum Gasteiger partial charge on any atom is 0.0441 e. The maximum absolute atomic E-state index is 5.61. The van der Waals surface area contributed by atoms with Crippen molar-refractivity contribution < 1.29 is 0 Å². The highest BCUT2D eigenvalue weighted by molar-refractivity contribution is 5.30. The standard InChI is InChI=1S/C11H16N2/c1-8-7-11-10(3-2-6-13-11)9(8)4-5-12/h2-3,6,8-9H,4-5,7,12H2,1H3. The largest absolute Gasteiger partial charge is 0.330 e. The number of nitrogens with zero attached hydrogens (tertiary/aromatic N) is 1. The fourth-order valence-corrected chi connectivity index (χ4v) is 2.33. The quantitative estimate of drug-likeness (QED) is 0.745. The Hall–Kier alpha value is -0.890. The topological polar surface area (TPSA) is 38.9 Å². The van der Waals surface area contributed by atoms with Crippen LogP contribution in [0.1, 0.15) is 30.5 Å². The lowest BCUT2D eigenvalue weighted by Gasteiger charge is -2.14. The first-order chi connectivity index (χ1) is 6.33. The van der Waals surface area contributed by atoms with E-state index in [1.54, 1.807) is 0 Å². The third-order valence-corrected chi connectivity index (χ3v) is 3.00. The van der Waals surface area contributed by atoms with Crippen LogP contribution in [0.15, 0.2) is 18.3 Å². The molecule has 2 unspecified atom stereocenters. The molecular weight excluding hydrogens is 160 g/mol. The SMILES string of the molecule is CC1Cc2ncccc2C1CCN. The maximum atomic E-state index is 5.61. The lowest BCUT2D eigenvalue weighted by Crippen LogP contribution is -2.10. The van der Waals surface area contributed by atoms with Crippen LogP contribution in [0.2, 0.25) is 0 Å². The zero-order valence-electron chi connectivity index (χ0n) is 8.03. The van der Waals surface area contributed by atoms with Gasteiger partial charge in [0.1, 0.15) is 0 Å². The third kappa shape index (κ3) is 1.46. The Morgan fingerprint density at radius 3 is 3.23 bits per heavy atom. The molecule has 1 aliphatic rings. The van der Waals surface area contributed by atoms with E-state index in [2.05, 4.69) is 18.0 Å². The van der Waals surface area contributed by atoms with E-state index < -0.39 is 0 Å². The first-order valence-corrected chi connectivity index (χ1v) is 4.96. The average Bonchev–Trinajstić information content (AvgIpc) is 2.44. The minimum atomic E-state index is 0.647. The molecule has 0 fully saturated rings. The first-order valence-electron chi connectivity index (χ1n) is 4.96. The van der Waals surface area contributed by atoms with Gasteiger partial charge in [-0.3, -0.25) is 4.98 Å². The number of hydrogen-bond acceptors (Lipinski definition) is 2. The van der Waals surface area contributed by atoms with Crippen molar-refractivity contribution in [3.05, 3.63) is 29.6 Å². The Balaban J connectivity index is 2.29. The Labute approximate surface area is 79.2 Å². The molecule has 2 nitrogen and oxygen atoms in total. The van der Waals surface area contributed by atoms with Crippen LogP contribution in [0, 0.1) is 5.92 Å². The van der Waals surface area contributed by atoms with Gasteiger partial charge < -0.3 is 5.73 Å². The van der Waals surface area contributed by atoms with Gasteiger partial charge in [0, 0.05) is 11.9 Å². The zero-order valence-corrected chi connectivity index (χ0v) is 8.03. The highest BCUT2D eigenvalue weighted by atomic mass is 14.7. The van der Waals surface area contributed by atoms with Crippen molar-refractivity contribution in [3.8, 4) is 0 Å². The molecule has 2 atom stereocenters. The van der Waals surface area contributed by atoms with Gasteiger partial charge in [-0.25, -0.2) is 0 Å². The first kappa shape index (κ1) is 8.70. The van der Waals surface area contributed by atoms with Crippen LogP contribution < -0.4 is 5.73 Å². The summed E-state index contributed by atoms with van der Waals surface area (Å²) in [6, 6.07) is 4.23. The van der Waals surface area contributed by atoms with Gasteiger partial charge in [-0.15, -0.1) is 0 Å². The third-order valence-electron chi connectivity index (χ3n) is 3.00. The Morgan fingerprint density at radius 2 is 2.46 bits per heavy atom. The lowest BCUT2D eigenvalue weighted by atomic mass is 9.91. The molecule has 2 N–H and O–H groups in total. The van der Waals surface area contributed by atoms with Gasteiger partial charge in [-0.05, 0) is 42.9 Å². The second-order valence-corrected chi connectivity index (χ2v) is 3.90. The van der Waals surface area contributed by atoms with Crippen LogP contribution in [0.4, 0.5) is 0 Å². The molecule has 0 spiro atoms. The van der Waals surface area contributed by atoms with E-state index in [0.717, 1.165) is 19.4 Å². The monoisotopic (exact) mass is 176 g/mol. The molecule has 70 valence electrons. The molecule has 0 saturated heterocycles. The summed E-state index contributed by atoms with van der Waals surface area (Å²) in [6.45, 7) is 3.07. The van der Waals surface area contributed by atoms with E-state index in [1.807, 2.05) is 12.3 Å². The molecule has 2 heteroatoms. The van der Waals surface area contributed by atoms with E-state index in [0.29, 0.717) is 11.8 Å². The van der Waals surface area contributed by atoms with Crippen LogP contribution in [0.3, 0.4) is 0 Å². The second kappa shape index (κ2) is 3.46. The van der Waals surface area contributed by atoms with Gasteiger partial charge in [-0.2, -0.15) is 0 Å². The Morgan fingerprint density at radius 1 is 1.62 bits per heavy atom. The molecule has 0 aliphatic heterocycles. The molecule has 13 heavy (non-hydrogen) atoms. The minimum Gasteiger partial charge on any atom is -0.330 e. The summed E-state index contributed by atoms with van der Waals surface area (Å²) in [5.74, 6) is 1.36. The van der Waals surface area contributed by atoms with Gasteiger partial charge in [0.05, 0.1) is 0 Å². The number of pyridine rings is 1. The van der Waals surface area contributed by atoms with Gasteiger partial charge in [0.25, 0.3) is 0 Å². The normalized spacial score (nSPS) is 26.0. The van der Waals surface area contributed by atoms with Gasteiger partial charge >= 0.3 is 0 Å². The van der Waals surface area contributed by atoms with Crippen LogP contribution in [0.5, 0.6) is 0 Å². The predicted octanol–water partition coefficient (Wildman–Crippen LogP) is 1.71.